The number of nitrogens with zero attached hydrogens (tertiary/aromatic N) is 1. The smallest absolute Gasteiger partial charge is 0.138 e. The highest BCUT2D eigenvalue weighted by Crippen LogP contribution is 2.27. The minimum absolute atomic E-state index is 0.439. The van der Waals surface area contributed by atoms with E-state index in [4.69, 9.17) is 0 Å². The van der Waals surface area contributed by atoms with E-state index in [9.17, 15) is 5.11 Å². The summed E-state index contributed by atoms with van der Waals surface area (Å²) in [5, 5.41) is 10.4. The van der Waals surface area contributed by atoms with E-state index in [1.54, 1.807) is 0 Å². The van der Waals surface area contributed by atoms with E-state index >= 15 is 0 Å². The Morgan fingerprint density at radius 2 is 0.794 bits per heavy atom. The maximum atomic E-state index is 10.4. The minimum Gasteiger partial charge on any atom is -0.506 e. The molecule has 0 saturated heterocycles. The Balaban J connectivity index is 2.15. The molecule has 1 aromatic rings. The second kappa shape index (κ2) is 23.6. The van der Waals surface area contributed by atoms with Crippen LogP contribution in [0.15, 0.2) is 24.3 Å². The topological polar surface area (TPSA) is 23.5 Å². The molecule has 2 heteroatoms. The number of unbranched alkanes of at least 4 members (excludes halogenated alkanes) is 20. The van der Waals surface area contributed by atoms with Gasteiger partial charge in [-0.2, -0.15) is 0 Å². The van der Waals surface area contributed by atoms with Gasteiger partial charge in [0.2, 0.25) is 0 Å². The van der Waals surface area contributed by atoms with Crippen LogP contribution >= 0.6 is 0 Å². The van der Waals surface area contributed by atoms with Crippen molar-refractivity contribution in [2.45, 2.75) is 155 Å². The SMILES string of the molecule is CCCCCCCCCCCCCN(CCCCCCCCCCCCC)c1ccccc1O. The number of phenolic OH excluding ortho intramolecular Hbond substituents is 1. The summed E-state index contributed by atoms with van der Waals surface area (Å²) in [6, 6.07) is 7.92. The number of anilines is 1. The first-order valence-corrected chi connectivity index (χ1v) is 15.3. The average molecular weight is 474 g/mol. The normalized spacial score (nSPS) is 11.2. The zero-order valence-corrected chi connectivity index (χ0v) is 23.2. The van der Waals surface area contributed by atoms with Gasteiger partial charge < -0.3 is 10.0 Å². The first-order valence-electron chi connectivity index (χ1n) is 15.3. The highest BCUT2D eigenvalue weighted by Gasteiger charge is 2.10. The molecule has 2 nitrogen and oxygen atoms in total. The summed E-state index contributed by atoms with van der Waals surface area (Å²) in [7, 11) is 0. The predicted molar refractivity (Wildman–Crippen MR) is 153 cm³/mol. The lowest BCUT2D eigenvalue weighted by molar-refractivity contribution is 0.471. The average Bonchev–Trinajstić information content (AvgIpc) is 2.85. The van der Waals surface area contributed by atoms with Crippen LogP contribution in [0.25, 0.3) is 0 Å². The third-order valence-electron chi connectivity index (χ3n) is 7.29. The number of hydrogen-bond donors (Lipinski definition) is 1. The van der Waals surface area contributed by atoms with Gasteiger partial charge in [-0.1, -0.05) is 154 Å². The molecule has 0 aliphatic heterocycles. The molecule has 0 radical (unpaired) electrons. The molecular weight excluding hydrogens is 414 g/mol. The molecule has 0 aromatic heterocycles. The summed E-state index contributed by atoms with van der Waals surface area (Å²) in [6.07, 6.45) is 30.4. The molecule has 0 saturated carbocycles. The Kier molecular flexibility index (Phi) is 21.4. The Morgan fingerprint density at radius 1 is 0.471 bits per heavy atom. The van der Waals surface area contributed by atoms with Crippen molar-refractivity contribution in [2.24, 2.45) is 0 Å². The van der Waals surface area contributed by atoms with Gasteiger partial charge in [-0.25, -0.2) is 0 Å². The molecule has 0 aliphatic rings. The van der Waals surface area contributed by atoms with Crippen LogP contribution in [0.5, 0.6) is 5.75 Å². The first kappa shape index (κ1) is 30.9. The molecule has 0 amide bonds. The van der Waals surface area contributed by atoms with Crippen molar-refractivity contribution in [3.8, 4) is 5.75 Å². The number of benzene rings is 1. The number of rotatable bonds is 25. The van der Waals surface area contributed by atoms with Gasteiger partial charge in [0.1, 0.15) is 5.75 Å². The molecule has 1 N–H and O–H groups in total. The molecule has 0 bridgehead atoms. The fourth-order valence-corrected chi connectivity index (χ4v) is 5.02. The van der Waals surface area contributed by atoms with Crippen molar-refractivity contribution in [3.63, 3.8) is 0 Å². The fraction of sp³-hybridized carbons (Fsp3) is 0.812. The van der Waals surface area contributed by atoms with Gasteiger partial charge >= 0.3 is 0 Å². The second-order valence-electron chi connectivity index (χ2n) is 10.5. The number of para-hydroxylation sites is 2. The zero-order chi connectivity index (χ0) is 24.5. The van der Waals surface area contributed by atoms with Crippen LogP contribution in [0.4, 0.5) is 5.69 Å². The Labute approximate surface area is 213 Å². The van der Waals surface area contributed by atoms with E-state index in [-0.39, 0.29) is 0 Å². The number of phenols is 1. The van der Waals surface area contributed by atoms with Gasteiger partial charge in [-0.15, -0.1) is 0 Å². The highest BCUT2D eigenvalue weighted by atomic mass is 16.3. The molecule has 1 aromatic carbocycles. The summed E-state index contributed by atoms with van der Waals surface area (Å²) >= 11 is 0. The van der Waals surface area contributed by atoms with Crippen molar-refractivity contribution in [1.29, 1.82) is 0 Å². The fourth-order valence-electron chi connectivity index (χ4n) is 5.02. The van der Waals surface area contributed by atoms with Crippen LogP contribution in [0.1, 0.15) is 155 Å². The van der Waals surface area contributed by atoms with Crippen LogP contribution in [0.3, 0.4) is 0 Å². The molecule has 34 heavy (non-hydrogen) atoms. The third-order valence-corrected chi connectivity index (χ3v) is 7.29. The molecule has 0 aliphatic carbocycles. The molecule has 0 fully saturated rings. The van der Waals surface area contributed by atoms with E-state index in [2.05, 4.69) is 30.9 Å². The molecule has 198 valence electrons. The highest BCUT2D eigenvalue weighted by molar-refractivity contribution is 5.57. The maximum absolute atomic E-state index is 10.4. The lowest BCUT2D eigenvalue weighted by Gasteiger charge is -2.25. The van der Waals surface area contributed by atoms with Crippen molar-refractivity contribution in [3.05, 3.63) is 24.3 Å². The van der Waals surface area contributed by atoms with Crippen LogP contribution in [-0.4, -0.2) is 18.2 Å². The van der Waals surface area contributed by atoms with Crippen LogP contribution in [-0.2, 0) is 0 Å². The lowest BCUT2D eigenvalue weighted by atomic mass is 10.1. The predicted octanol–water partition coefficient (Wildman–Crippen LogP) is 10.8. The van der Waals surface area contributed by atoms with Crippen LogP contribution < -0.4 is 4.90 Å². The van der Waals surface area contributed by atoms with Gasteiger partial charge in [0.15, 0.2) is 0 Å². The van der Waals surface area contributed by atoms with Crippen molar-refractivity contribution in [1.82, 2.24) is 0 Å². The van der Waals surface area contributed by atoms with E-state index in [0.717, 1.165) is 18.8 Å². The summed E-state index contributed by atoms with van der Waals surface area (Å²) < 4.78 is 0. The monoisotopic (exact) mass is 473 g/mol. The van der Waals surface area contributed by atoms with E-state index in [1.807, 2.05) is 12.1 Å². The maximum Gasteiger partial charge on any atom is 0.138 e. The van der Waals surface area contributed by atoms with Crippen LogP contribution in [0.2, 0.25) is 0 Å². The molecule has 0 unspecified atom stereocenters. The molecule has 0 spiro atoms. The second-order valence-corrected chi connectivity index (χ2v) is 10.5. The van der Waals surface area contributed by atoms with Crippen molar-refractivity contribution in [2.75, 3.05) is 18.0 Å². The summed E-state index contributed by atoms with van der Waals surface area (Å²) in [5.41, 5.74) is 1.03. The van der Waals surface area contributed by atoms with E-state index in [1.165, 1.54) is 141 Å². The lowest BCUT2D eigenvalue weighted by Crippen LogP contribution is -2.25. The molecule has 0 heterocycles. The Morgan fingerprint density at radius 3 is 1.15 bits per heavy atom. The van der Waals surface area contributed by atoms with Gasteiger partial charge in [-0.3, -0.25) is 0 Å². The largest absolute Gasteiger partial charge is 0.506 e. The van der Waals surface area contributed by atoms with E-state index < -0.39 is 0 Å². The first-order chi connectivity index (χ1) is 16.8. The third kappa shape index (κ3) is 17.3. The van der Waals surface area contributed by atoms with Crippen LogP contribution in [0, 0.1) is 0 Å². The summed E-state index contributed by atoms with van der Waals surface area (Å²) in [4.78, 5) is 2.44. The van der Waals surface area contributed by atoms with Crippen molar-refractivity contribution >= 4 is 5.69 Å². The molecule has 0 atom stereocenters. The quantitative estimate of drug-likeness (QED) is 0.143. The van der Waals surface area contributed by atoms with Gasteiger partial charge in [0.05, 0.1) is 5.69 Å². The Bertz CT molecular complexity index is 518. The van der Waals surface area contributed by atoms with Gasteiger partial charge in [-0.05, 0) is 25.0 Å². The number of hydrogen-bond acceptors (Lipinski definition) is 2. The summed E-state index contributed by atoms with van der Waals surface area (Å²) in [6.45, 7) is 6.73. The minimum atomic E-state index is 0.439. The zero-order valence-electron chi connectivity index (χ0n) is 23.2. The van der Waals surface area contributed by atoms with E-state index in [0.29, 0.717) is 5.75 Å². The number of aromatic hydroxyl groups is 1. The molecule has 1 rings (SSSR count). The summed E-state index contributed by atoms with van der Waals surface area (Å²) in [5.74, 6) is 0.439. The van der Waals surface area contributed by atoms with Gasteiger partial charge in [0, 0.05) is 13.1 Å². The van der Waals surface area contributed by atoms with Gasteiger partial charge in [0.25, 0.3) is 0 Å². The molecular formula is C32H59NO. The standard InChI is InChI=1S/C32H59NO/c1-3-5-7-9-11-13-15-17-19-21-25-29-33(31-27-23-24-28-32(31)34)30-26-22-20-18-16-14-12-10-8-6-4-2/h23-24,27-28,34H,3-22,25-26,29-30H2,1-2H3. The van der Waals surface area contributed by atoms with Crippen molar-refractivity contribution < 1.29 is 5.11 Å². The Hall–Kier alpha value is -1.18.